The SMILES string of the molecule is Cc1nn(-c2ccncc2)c(Cl)c1C(=O)O. The number of carboxylic acids is 1. The highest BCUT2D eigenvalue weighted by molar-refractivity contribution is 6.32. The molecule has 0 aliphatic rings. The molecule has 2 aromatic rings. The fourth-order valence-corrected chi connectivity index (χ4v) is 1.75. The summed E-state index contributed by atoms with van der Waals surface area (Å²) in [6, 6.07) is 3.40. The van der Waals surface area contributed by atoms with Crippen molar-refractivity contribution >= 4 is 17.6 Å². The number of halogens is 1. The summed E-state index contributed by atoms with van der Waals surface area (Å²) in [5, 5.41) is 13.1. The van der Waals surface area contributed by atoms with E-state index in [0.29, 0.717) is 11.4 Å². The predicted octanol–water partition coefficient (Wildman–Crippen LogP) is 1.93. The van der Waals surface area contributed by atoms with Crippen LogP contribution >= 0.6 is 11.6 Å². The number of hydrogen-bond acceptors (Lipinski definition) is 3. The molecule has 0 bridgehead atoms. The molecule has 5 nitrogen and oxygen atoms in total. The second-order valence-corrected chi connectivity index (χ2v) is 3.53. The van der Waals surface area contributed by atoms with Gasteiger partial charge in [-0.15, -0.1) is 0 Å². The Kier molecular flexibility index (Phi) is 2.62. The number of rotatable bonds is 2. The van der Waals surface area contributed by atoms with Crippen molar-refractivity contribution in [2.75, 3.05) is 0 Å². The van der Waals surface area contributed by atoms with Gasteiger partial charge in [0.15, 0.2) is 0 Å². The Balaban J connectivity index is 2.61. The van der Waals surface area contributed by atoms with E-state index in [1.165, 1.54) is 4.68 Å². The van der Waals surface area contributed by atoms with Crippen LogP contribution in [0.2, 0.25) is 5.15 Å². The first-order valence-corrected chi connectivity index (χ1v) is 4.88. The highest BCUT2D eigenvalue weighted by Crippen LogP contribution is 2.22. The van der Waals surface area contributed by atoms with E-state index >= 15 is 0 Å². The smallest absolute Gasteiger partial charge is 0.340 e. The number of carboxylic acid groups (broad SMARTS) is 1. The minimum absolute atomic E-state index is 0.0264. The van der Waals surface area contributed by atoms with Crippen LogP contribution in [0.4, 0.5) is 0 Å². The molecular weight excluding hydrogens is 230 g/mol. The van der Waals surface area contributed by atoms with Gasteiger partial charge in [-0.2, -0.15) is 5.10 Å². The molecule has 0 fully saturated rings. The van der Waals surface area contributed by atoms with E-state index in [4.69, 9.17) is 16.7 Å². The molecule has 1 N–H and O–H groups in total. The molecule has 0 aromatic carbocycles. The second kappa shape index (κ2) is 3.94. The van der Waals surface area contributed by atoms with Crippen LogP contribution in [0.3, 0.4) is 0 Å². The number of pyridine rings is 1. The summed E-state index contributed by atoms with van der Waals surface area (Å²) in [4.78, 5) is 14.8. The topological polar surface area (TPSA) is 68.0 Å². The summed E-state index contributed by atoms with van der Waals surface area (Å²) in [6.07, 6.45) is 3.17. The van der Waals surface area contributed by atoms with E-state index in [9.17, 15) is 4.79 Å². The lowest BCUT2D eigenvalue weighted by Gasteiger charge is -2.01. The molecule has 0 aliphatic heterocycles. The van der Waals surface area contributed by atoms with Crippen LogP contribution in [0, 0.1) is 6.92 Å². The van der Waals surface area contributed by atoms with Crippen LogP contribution in [0.1, 0.15) is 16.1 Å². The molecule has 0 amide bonds. The van der Waals surface area contributed by atoms with Gasteiger partial charge < -0.3 is 5.11 Å². The molecule has 0 unspecified atom stereocenters. The zero-order valence-corrected chi connectivity index (χ0v) is 9.14. The van der Waals surface area contributed by atoms with Gasteiger partial charge in [0.1, 0.15) is 10.7 Å². The van der Waals surface area contributed by atoms with Crippen LogP contribution in [0.5, 0.6) is 0 Å². The maximum atomic E-state index is 10.9. The molecule has 0 radical (unpaired) electrons. The average molecular weight is 238 g/mol. The van der Waals surface area contributed by atoms with Crippen LogP contribution in [0.15, 0.2) is 24.5 Å². The first-order valence-electron chi connectivity index (χ1n) is 4.50. The van der Waals surface area contributed by atoms with Gasteiger partial charge in [-0.3, -0.25) is 4.98 Å². The first kappa shape index (κ1) is 10.6. The molecule has 2 heterocycles. The van der Waals surface area contributed by atoms with Gasteiger partial charge in [-0.05, 0) is 19.1 Å². The van der Waals surface area contributed by atoms with Crippen LogP contribution in [-0.2, 0) is 0 Å². The van der Waals surface area contributed by atoms with Gasteiger partial charge in [-0.25, -0.2) is 9.48 Å². The largest absolute Gasteiger partial charge is 0.478 e. The fraction of sp³-hybridized carbons (Fsp3) is 0.100. The Morgan fingerprint density at radius 2 is 2.06 bits per heavy atom. The molecule has 0 aliphatic carbocycles. The Bertz CT molecular complexity index is 536. The predicted molar refractivity (Wildman–Crippen MR) is 58.1 cm³/mol. The van der Waals surface area contributed by atoms with Crippen molar-refractivity contribution in [3.05, 3.63) is 40.9 Å². The van der Waals surface area contributed by atoms with Gasteiger partial charge in [0, 0.05) is 12.4 Å². The van der Waals surface area contributed by atoms with Crippen LogP contribution < -0.4 is 0 Å². The molecule has 6 heteroatoms. The molecule has 16 heavy (non-hydrogen) atoms. The Hall–Kier alpha value is -1.88. The summed E-state index contributed by atoms with van der Waals surface area (Å²) >= 11 is 5.96. The molecule has 0 spiro atoms. The summed E-state index contributed by atoms with van der Waals surface area (Å²) < 4.78 is 1.38. The molecule has 0 saturated carbocycles. The van der Waals surface area contributed by atoms with Crippen LogP contribution in [0.25, 0.3) is 5.69 Å². The summed E-state index contributed by atoms with van der Waals surface area (Å²) in [6.45, 7) is 1.60. The van der Waals surface area contributed by atoms with Crippen LogP contribution in [-0.4, -0.2) is 25.8 Å². The zero-order valence-electron chi connectivity index (χ0n) is 8.38. The van der Waals surface area contributed by atoms with Gasteiger partial charge in [0.2, 0.25) is 0 Å². The minimum atomic E-state index is -1.08. The molecule has 2 rings (SSSR count). The summed E-state index contributed by atoms with van der Waals surface area (Å²) in [5.74, 6) is -1.08. The van der Waals surface area contributed by atoms with Crippen molar-refractivity contribution < 1.29 is 9.90 Å². The van der Waals surface area contributed by atoms with Crippen molar-refractivity contribution in [1.29, 1.82) is 0 Å². The summed E-state index contributed by atoms with van der Waals surface area (Å²) in [7, 11) is 0. The van der Waals surface area contributed by atoms with Gasteiger partial charge in [0.05, 0.1) is 11.4 Å². The zero-order chi connectivity index (χ0) is 11.7. The second-order valence-electron chi connectivity index (χ2n) is 3.17. The van der Waals surface area contributed by atoms with Gasteiger partial charge >= 0.3 is 5.97 Å². The lowest BCUT2D eigenvalue weighted by Crippen LogP contribution is -1.99. The van der Waals surface area contributed by atoms with E-state index in [-0.39, 0.29) is 10.7 Å². The minimum Gasteiger partial charge on any atom is -0.478 e. The third-order valence-corrected chi connectivity index (χ3v) is 2.47. The monoisotopic (exact) mass is 237 g/mol. The van der Waals surface area contributed by atoms with E-state index in [0.717, 1.165) is 0 Å². The molecule has 0 saturated heterocycles. The normalized spacial score (nSPS) is 10.4. The number of carbonyl (C=O) groups is 1. The Morgan fingerprint density at radius 1 is 1.44 bits per heavy atom. The lowest BCUT2D eigenvalue weighted by molar-refractivity contribution is 0.0696. The van der Waals surface area contributed by atoms with Gasteiger partial charge in [-0.1, -0.05) is 11.6 Å². The Labute approximate surface area is 96.3 Å². The quantitative estimate of drug-likeness (QED) is 0.867. The number of hydrogen-bond donors (Lipinski definition) is 1. The molecule has 82 valence electrons. The highest BCUT2D eigenvalue weighted by atomic mass is 35.5. The standard InChI is InChI=1S/C10H8ClN3O2/c1-6-8(10(15)16)9(11)14(13-6)7-2-4-12-5-3-7/h2-5H,1H3,(H,15,16). The molecule has 2 aromatic heterocycles. The first-order chi connectivity index (χ1) is 7.61. The molecule has 0 atom stereocenters. The lowest BCUT2D eigenvalue weighted by atomic mass is 10.3. The van der Waals surface area contributed by atoms with E-state index in [1.54, 1.807) is 31.5 Å². The maximum absolute atomic E-state index is 10.9. The van der Waals surface area contributed by atoms with Gasteiger partial charge in [0.25, 0.3) is 0 Å². The summed E-state index contributed by atoms with van der Waals surface area (Å²) in [5.41, 5.74) is 1.09. The Morgan fingerprint density at radius 3 is 2.56 bits per heavy atom. The van der Waals surface area contributed by atoms with E-state index < -0.39 is 5.97 Å². The highest BCUT2D eigenvalue weighted by Gasteiger charge is 2.19. The third kappa shape index (κ3) is 1.65. The van der Waals surface area contributed by atoms with E-state index in [1.807, 2.05) is 0 Å². The van der Waals surface area contributed by atoms with Crippen molar-refractivity contribution in [2.45, 2.75) is 6.92 Å². The number of aryl methyl sites for hydroxylation is 1. The van der Waals surface area contributed by atoms with E-state index in [2.05, 4.69) is 10.1 Å². The third-order valence-electron chi connectivity index (χ3n) is 2.13. The fourth-order valence-electron chi connectivity index (χ4n) is 1.40. The van der Waals surface area contributed by atoms with Crippen molar-refractivity contribution in [2.24, 2.45) is 0 Å². The average Bonchev–Trinajstić information content (AvgIpc) is 2.55. The molecular formula is C10H8ClN3O2. The maximum Gasteiger partial charge on any atom is 0.340 e. The van der Waals surface area contributed by atoms with Crippen molar-refractivity contribution in [3.8, 4) is 5.69 Å². The van der Waals surface area contributed by atoms with Crippen molar-refractivity contribution in [1.82, 2.24) is 14.8 Å². The number of nitrogens with zero attached hydrogens (tertiary/aromatic N) is 3. The van der Waals surface area contributed by atoms with Crippen molar-refractivity contribution in [3.63, 3.8) is 0 Å². The number of aromatic nitrogens is 3. The number of aromatic carboxylic acids is 1.